The molecule has 180 valence electrons. The van der Waals surface area contributed by atoms with Gasteiger partial charge in [-0.3, -0.25) is 4.79 Å². The lowest BCUT2D eigenvalue weighted by Gasteiger charge is -2.30. The fraction of sp³-hybridized carbons (Fsp3) is 0.250. The van der Waals surface area contributed by atoms with E-state index in [-0.39, 0.29) is 22.5 Å². The van der Waals surface area contributed by atoms with Crippen LogP contribution in [0.3, 0.4) is 0 Å². The molecule has 0 spiro atoms. The number of nitrogens with zero attached hydrogens (tertiary/aromatic N) is 1. The lowest BCUT2D eigenvalue weighted by Crippen LogP contribution is -2.50. The molecule has 0 unspecified atom stereocenters. The molecule has 0 aliphatic carbocycles. The van der Waals surface area contributed by atoms with Crippen molar-refractivity contribution in [2.24, 2.45) is 0 Å². The molecule has 7 heteroatoms. The second-order valence-corrected chi connectivity index (χ2v) is 9.66. The molecular weight excluding hydrogens is 483 g/mol. The largest absolute Gasteiger partial charge is 0.446 e. The molecule has 3 aromatic rings. The highest BCUT2D eigenvalue weighted by molar-refractivity contribution is 6.33. The van der Waals surface area contributed by atoms with Gasteiger partial charge >= 0.3 is 5.97 Å². The molecule has 0 aliphatic rings. The molecule has 3 rings (SSSR count). The summed E-state index contributed by atoms with van der Waals surface area (Å²) in [5, 5.41) is 13.3. The molecule has 0 heterocycles. The number of carbonyl (C=O) groups is 2. The summed E-state index contributed by atoms with van der Waals surface area (Å²) in [6, 6.07) is 23.2. The van der Waals surface area contributed by atoms with Crippen molar-refractivity contribution >= 4 is 35.1 Å². The zero-order valence-electron chi connectivity index (χ0n) is 19.7. The van der Waals surface area contributed by atoms with Gasteiger partial charge in [0.2, 0.25) is 0 Å². The lowest BCUT2D eigenvalue weighted by atomic mass is 9.85. The number of ether oxygens (including phenoxy) is 1. The Labute approximate surface area is 215 Å². The summed E-state index contributed by atoms with van der Waals surface area (Å²) in [6.45, 7) is 4.96. The van der Waals surface area contributed by atoms with Crippen LogP contribution in [0.5, 0.6) is 0 Å². The minimum Gasteiger partial charge on any atom is -0.446 e. The molecule has 1 amide bonds. The molecule has 2 atom stereocenters. The molecule has 0 aromatic heterocycles. The van der Waals surface area contributed by atoms with Crippen LogP contribution >= 0.6 is 23.2 Å². The summed E-state index contributed by atoms with van der Waals surface area (Å²) >= 11 is 12.1. The number of benzene rings is 3. The highest BCUT2D eigenvalue weighted by Gasteiger charge is 2.35. The van der Waals surface area contributed by atoms with Crippen LogP contribution in [-0.2, 0) is 16.0 Å². The van der Waals surface area contributed by atoms with Gasteiger partial charge in [0.05, 0.1) is 22.2 Å². The van der Waals surface area contributed by atoms with Gasteiger partial charge < -0.3 is 10.1 Å². The summed E-state index contributed by atoms with van der Waals surface area (Å²) in [7, 11) is 0. The van der Waals surface area contributed by atoms with Crippen LogP contribution in [0.15, 0.2) is 72.8 Å². The van der Waals surface area contributed by atoms with E-state index in [1.165, 1.54) is 13.8 Å². The number of carbonyl (C=O) groups excluding carboxylic acids is 2. The van der Waals surface area contributed by atoms with Crippen molar-refractivity contribution in [1.29, 1.82) is 5.26 Å². The Morgan fingerprint density at radius 2 is 1.71 bits per heavy atom. The van der Waals surface area contributed by atoms with Crippen molar-refractivity contribution in [1.82, 2.24) is 5.32 Å². The smallest absolute Gasteiger partial charge is 0.340 e. The van der Waals surface area contributed by atoms with Gasteiger partial charge in [-0.1, -0.05) is 59.6 Å². The van der Waals surface area contributed by atoms with Crippen LogP contribution in [0.2, 0.25) is 10.0 Å². The molecule has 0 bridgehead atoms. The molecular formula is C28H26Cl2N2O3. The van der Waals surface area contributed by atoms with E-state index >= 15 is 0 Å². The molecule has 0 saturated heterocycles. The highest BCUT2D eigenvalue weighted by atomic mass is 35.5. The molecule has 3 aromatic carbocycles. The molecule has 0 aliphatic heterocycles. The van der Waals surface area contributed by atoms with Crippen molar-refractivity contribution in [3.63, 3.8) is 0 Å². The zero-order valence-corrected chi connectivity index (χ0v) is 21.2. The average Bonchev–Trinajstić information content (AvgIpc) is 2.83. The predicted octanol–water partition coefficient (Wildman–Crippen LogP) is 6.33. The number of hydrogen-bond donors (Lipinski definition) is 1. The number of nitriles is 1. The monoisotopic (exact) mass is 508 g/mol. The van der Waals surface area contributed by atoms with E-state index < -0.39 is 17.5 Å². The summed E-state index contributed by atoms with van der Waals surface area (Å²) in [6.07, 6.45) is 0.605. The molecule has 0 fully saturated rings. The van der Waals surface area contributed by atoms with Crippen molar-refractivity contribution < 1.29 is 14.3 Å². The number of nitrogens with one attached hydrogen (secondary N) is 1. The van der Waals surface area contributed by atoms with E-state index in [2.05, 4.69) is 11.4 Å². The van der Waals surface area contributed by atoms with Gasteiger partial charge in [0.1, 0.15) is 0 Å². The Kier molecular flexibility index (Phi) is 8.56. The van der Waals surface area contributed by atoms with Gasteiger partial charge in [-0.15, -0.1) is 0 Å². The molecule has 0 saturated carbocycles. The van der Waals surface area contributed by atoms with Crippen molar-refractivity contribution in [2.45, 2.75) is 44.8 Å². The standard InChI is InChI=1S/C28H26Cl2N2O3/c1-18(32-27(34)28(2,3)35-26(33)23-9-4-5-10-25(23)30)24(16-19-11-13-22(29)14-12-19)21-8-6-7-20(15-21)17-31/h4-15,18,24H,16H2,1-3H3,(H,32,34)/t18-,24+/m0/s1. The first-order valence-electron chi connectivity index (χ1n) is 11.1. The summed E-state index contributed by atoms with van der Waals surface area (Å²) in [5.41, 5.74) is 1.24. The number of esters is 1. The Morgan fingerprint density at radius 1 is 1.03 bits per heavy atom. The van der Waals surface area contributed by atoms with Crippen LogP contribution < -0.4 is 5.32 Å². The third-order valence-corrected chi connectivity index (χ3v) is 6.35. The predicted molar refractivity (Wildman–Crippen MR) is 138 cm³/mol. The first-order valence-corrected chi connectivity index (χ1v) is 11.9. The van der Waals surface area contributed by atoms with Crippen molar-refractivity contribution in [3.05, 3.63) is 105 Å². The fourth-order valence-electron chi connectivity index (χ4n) is 3.74. The van der Waals surface area contributed by atoms with E-state index in [0.29, 0.717) is 17.0 Å². The minimum atomic E-state index is -1.44. The highest BCUT2D eigenvalue weighted by Crippen LogP contribution is 2.27. The van der Waals surface area contributed by atoms with Crippen LogP contribution in [-0.4, -0.2) is 23.5 Å². The Balaban J connectivity index is 1.81. The molecule has 1 N–H and O–H groups in total. The average molecular weight is 509 g/mol. The summed E-state index contributed by atoms with van der Waals surface area (Å²) < 4.78 is 5.53. The Bertz CT molecular complexity index is 1250. The third-order valence-electron chi connectivity index (χ3n) is 5.76. The van der Waals surface area contributed by atoms with Gasteiger partial charge in [-0.05, 0) is 74.7 Å². The van der Waals surface area contributed by atoms with E-state index in [1.807, 2.05) is 49.4 Å². The number of amides is 1. The maximum atomic E-state index is 13.2. The van der Waals surface area contributed by atoms with Crippen LogP contribution in [0, 0.1) is 11.3 Å². The van der Waals surface area contributed by atoms with E-state index in [9.17, 15) is 14.9 Å². The summed E-state index contributed by atoms with van der Waals surface area (Å²) in [4.78, 5) is 25.8. The van der Waals surface area contributed by atoms with Crippen molar-refractivity contribution in [3.8, 4) is 6.07 Å². The maximum Gasteiger partial charge on any atom is 0.340 e. The number of rotatable bonds is 8. The summed E-state index contributed by atoms with van der Waals surface area (Å²) in [5.74, 6) is -1.27. The van der Waals surface area contributed by atoms with Crippen molar-refractivity contribution in [2.75, 3.05) is 0 Å². The van der Waals surface area contributed by atoms with Gasteiger partial charge in [-0.25, -0.2) is 4.79 Å². The SMILES string of the molecule is C[C@H](NC(=O)C(C)(C)OC(=O)c1ccccc1Cl)[C@@H](Cc1ccc(Cl)cc1)c1cccc(C#N)c1. The Morgan fingerprint density at radius 3 is 2.37 bits per heavy atom. The fourth-order valence-corrected chi connectivity index (χ4v) is 4.08. The normalized spacial score (nSPS) is 12.8. The first-order chi connectivity index (χ1) is 16.6. The number of hydrogen-bond acceptors (Lipinski definition) is 4. The van der Waals surface area contributed by atoms with Crippen LogP contribution in [0.25, 0.3) is 0 Å². The third kappa shape index (κ3) is 6.85. The lowest BCUT2D eigenvalue weighted by molar-refractivity contribution is -0.138. The first kappa shape index (κ1) is 26.3. The van der Waals surface area contributed by atoms with Crippen LogP contribution in [0.1, 0.15) is 53.7 Å². The second kappa shape index (κ2) is 11.4. The van der Waals surface area contributed by atoms with Gasteiger partial charge in [0.15, 0.2) is 5.60 Å². The quantitative estimate of drug-likeness (QED) is 0.360. The second-order valence-electron chi connectivity index (χ2n) is 8.82. The number of halogens is 2. The van der Waals surface area contributed by atoms with E-state index in [0.717, 1.165) is 11.1 Å². The minimum absolute atomic E-state index is 0.150. The Hall–Kier alpha value is -3.33. The van der Waals surface area contributed by atoms with Gasteiger partial charge in [0.25, 0.3) is 5.91 Å². The van der Waals surface area contributed by atoms with E-state index in [4.69, 9.17) is 27.9 Å². The zero-order chi connectivity index (χ0) is 25.6. The van der Waals surface area contributed by atoms with Crippen LogP contribution in [0.4, 0.5) is 0 Å². The van der Waals surface area contributed by atoms with Gasteiger partial charge in [-0.2, -0.15) is 5.26 Å². The van der Waals surface area contributed by atoms with Gasteiger partial charge in [0, 0.05) is 17.0 Å². The molecule has 5 nitrogen and oxygen atoms in total. The molecule has 35 heavy (non-hydrogen) atoms. The topological polar surface area (TPSA) is 79.2 Å². The maximum absolute atomic E-state index is 13.2. The molecule has 0 radical (unpaired) electrons. The van der Waals surface area contributed by atoms with E-state index in [1.54, 1.807) is 30.3 Å².